The highest BCUT2D eigenvalue weighted by Gasteiger charge is 2.27. The molecule has 2 aliphatic rings. The lowest BCUT2D eigenvalue weighted by Crippen LogP contribution is -2.43. The molecule has 0 unspecified atom stereocenters. The van der Waals surface area contributed by atoms with Gasteiger partial charge in [-0.2, -0.15) is 0 Å². The average Bonchev–Trinajstić information content (AvgIpc) is 3.06. The van der Waals surface area contributed by atoms with E-state index in [-0.39, 0.29) is 24.3 Å². The van der Waals surface area contributed by atoms with Crippen LogP contribution in [0, 0.1) is 0 Å². The van der Waals surface area contributed by atoms with Gasteiger partial charge in [-0.1, -0.05) is 38.1 Å². The number of carbonyl (C=O) groups excluding carboxylic acids is 3. The summed E-state index contributed by atoms with van der Waals surface area (Å²) in [6.07, 6.45) is 4.73. The zero-order valence-corrected chi connectivity index (χ0v) is 22.8. The van der Waals surface area contributed by atoms with Crippen molar-refractivity contribution in [3.8, 4) is 11.1 Å². The van der Waals surface area contributed by atoms with Crippen molar-refractivity contribution in [2.24, 2.45) is 10.7 Å². The predicted octanol–water partition coefficient (Wildman–Crippen LogP) is 3.86. The van der Waals surface area contributed by atoms with Gasteiger partial charge in [-0.05, 0) is 54.2 Å². The standard InChI is InChI=1S/C30H37N5O3/c1-5-12-34(13-6-2)29(37)24-16-23-8-7-21(17-26(23)32-27(31)18-24)20-9-10-25-22(15-20)11-14-35(30(25)38)19-28(36)33(3)4/h7-10,15-17H,5-6,11-14,18-19H2,1-4H3,(H2,31,32). The van der Waals surface area contributed by atoms with E-state index in [0.717, 1.165) is 53.9 Å². The van der Waals surface area contributed by atoms with Crippen molar-refractivity contribution in [1.82, 2.24) is 14.7 Å². The van der Waals surface area contributed by atoms with Gasteiger partial charge in [0.05, 0.1) is 5.69 Å². The molecule has 2 N–H and O–H groups in total. The lowest BCUT2D eigenvalue weighted by atomic mass is 9.93. The molecule has 0 saturated heterocycles. The highest BCUT2D eigenvalue weighted by Crippen LogP contribution is 2.33. The number of benzene rings is 2. The van der Waals surface area contributed by atoms with Gasteiger partial charge >= 0.3 is 0 Å². The normalized spacial score (nSPS) is 14.6. The second-order valence-electron chi connectivity index (χ2n) is 10.2. The summed E-state index contributed by atoms with van der Waals surface area (Å²) in [5.41, 5.74) is 12.0. The third-order valence-corrected chi connectivity index (χ3v) is 6.98. The summed E-state index contributed by atoms with van der Waals surface area (Å²) < 4.78 is 0. The smallest absolute Gasteiger partial charge is 0.254 e. The molecule has 0 bridgehead atoms. The van der Waals surface area contributed by atoms with Crippen LogP contribution in [0.5, 0.6) is 0 Å². The van der Waals surface area contributed by atoms with Crippen LogP contribution in [-0.4, -0.2) is 78.5 Å². The molecule has 0 saturated carbocycles. The molecule has 4 rings (SSSR count). The number of amides is 3. The maximum atomic E-state index is 13.2. The maximum Gasteiger partial charge on any atom is 0.254 e. The van der Waals surface area contributed by atoms with Crippen LogP contribution in [0.3, 0.4) is 0 Å². The largest absolute Gasteiger partial charge is 0.387 e. The van der Waals surface area contributed by atoms with Crippen molar-refractivity contribution in [3.63, 3.8) is 0 Å². The lowest BCUT2D eigenvalue weighted by molar-refractivity contribution is -0.129. The number of hydrogen-bond acceptors (Lipinski definition) is 5. The number of rotatable bonds is 8. The van der Waals surface area contributed by atoms with Crippen molar-refractivity contribution < 1.29 is 14.4 Å². The van der Waals surface area contributed by atoms with E-state index in [1.165, 1.54) is 4.90 Å². The molecule has 0 fully saturated rings. The number of aliphatic imine (C=N–C) groups is 1. The summed E-state index contributed by atoms with van der Waals surface area (Å²) in [5.74, 6) is 0.224. The first kappa shape index (κ1) is 27.1. The van der Waals surface area contributed by atoms with E-state index >= 15 is 0 Å². The van der Waals surface area contributed by atoms with E-state index in [1.54, 1.807) is 19.0 Å². The Bertz CT molecular complexity index is 1300. The number of fused-ring (bicyclic) bond motifs is 2. The second-order valence-corrected chi connectivity index (χ2v) is 10.2. The second kappa shape index (κ2) is 11.6. The first-order chi connectivity index (χ1) is 18.2. The van der Waals surface area contributed by atoms with Gasteiger partial charge in [-0.15, -0.1) is 0 Å². The molecule has 2 aromatic rings. The monoisotopic (exact) mass is 515 g/mol. The molecule has 0 atom stereocenters. The number of amidine groups is 1. The molecule has 2 aliphatic heterocycles. The van der Waals surface area contributed by atoms with Crippen LogP contribution in [-0.2, 0) is 16.0 Å². The van der Waals surface area contributed by atoms with Crippen molar-refractivity contribution >= 4 is 35.3 Å². The number of carbonyl (C=O) groups is 3. The summed E-state index contributed by atoms with van der Waals surface area (Å²) >= 11 is 0. The van der Waals surface area contributed by atoms with Crippen LogP contribution in [0.4, 0.5) is 5.69 Å². The minimum atomic E-state index is -0.116. The maximum absolute atomic E-state index is 13.2. The van der Waals surface area contributed by atoms with Gasteiger partial charge in [0.25, 0.3) is 5.91 Å². The Hall–Kier alpha value is -3.94. The van der Waals surface area contributed by atoms with Gasteiger partial charge in [0, 0.05) is 56.9 Å². The van der Waals surface area contributed by atoms with Crippen molar-refractivity contribution in [2.75, 3.05) is 40.3 Å². The minimum absolute atomic E-state index is 0.0180. The molecule has 0 spiro atoms. The summed E-state index contributed by atoms with van der Waals surface area (Å²) in [4.78, 5) is 48.0. The van der Waals surface area contributed by atoms with Crippen LogP contribution in [0.15, 0.2) is 47.0 Å². The van der Waals surface area contributed by atoms with E-state index in [9.17, 15) is 14.4 Å². The SMILES string of the molecule is CCCN(CCC)C(=O)C1=Cc2ccc(-c3ccc4c(c3)CCN(CC(=O)N(C)C)C4=O)cc2N=C(N)C1. The Labute approximate surface area is 224 Å². The molecule has 0 aliphatic carbocycles. The van der Waals surface area contributed by atoms with Crippen LogP contribution in [0.25, 0.3) is 17.2 Å². The van der Waals surface area contributed by atoms with Gasteiger partial charge in [0.1, 0.15) is 12.4 Å². The summed E-state index contributed by atoms with van der Waals surface area (Å²) in [6, 6.07) is 11.8. The fraction of sp³-hybridized carbons (Fsp3) is 0.400. The van der Waals surface area contributed by atoms with E-state index in [1.807, 2.05) is 47.4 Å². The zero-order valence-electron chi connectivity index (χ0n) is 22.8. The number of nitrogens with two attached hydrogens (primary N) is 1. The van der Waals surface area contributed by atoms with Crippen molar-refractivity contribution in [1.29, 1.82) is 0 Å². The molecule has 8 heteroatoms. The molecular weight excluding hydrogens is 478 g/mol. The molecule has 2 aromatic carbocycles. The molecular formula is C30H37N5O3. The quantitative estimate of drug-likeness (QED) is 0.577. The van der Waals surface area contributed by atoms with Gasteiger partial charge in [0.15, 0.2) is 0 Å². The average molecular weight is 516 g/mol. The number of nitrogens with zero attached hydrogens (tertiary/aromatic N) is 4. The Kier molecular flexibility index (Phi) is 8.29. The fourth-order valence-electron chi connectivity index (χ4n) is 4.94. The number of hydrogen-bond donors (Lipinski definition) is 1. The molecule has 3 amide bonds. The van der Waals surface area contributed by atoms with E-state index in [2.05, 4.69) is 18.8 Å². The topological polar surface area (TPSA) is 99.3 Å². The molecule has 0 radical (unpaired) electrons. The van der Waals surface area contributed by atoms with Crippen LogP contribution >= 0.6 is 0 Å². The van der Waals surface area contributed by atoms with Crippen molar-refractivity contribution in [2.45, 2.75) is 39.5 Å². The van der Waals surface area contributed by atoms with Crippen molar-refractivity contribution in [3.05, 3.63) is 58.7 Å². The van der Waals surface area contributed by atoms with E-state index in [0.29, 0.717) is 36.4 Å². The molecule has 8 nitrogen and oxygen atoms in total. The third kappa shape index (κ3) is 5.79. The molecule has 2 heterocycles. The zero-order chi connectivity index (χ0) is 27.4. The first-order valence-electron chi connectivity index (χ1n) is 13.3. The number of likely N-dealkylation sites (N-methyl/N-ethyl adjacent to an activating group) is 1. The Morgan fingerprint density at radius 3 is 2.39 bits per heavy atom. The highest BCUT2D eigenvalue weighted by atomic mass is 16.2. The van der Waals surface area contributed by atoms with E-state index in [4.69, 9.17) is 5.73 Å². The molecule has 38 heavy (non-hydrogen) atoms. The van der Waals surface area contributed by atoms with Gasteiger partial charge in [0.2, 0.25) is 11.8 Å². The van der Waals surface area contributed by atoms with Crippen LogP contribution in [0.2, 0.25) is 0 Å². The summed E-state index contributed by atoms with van der Waals surface area (Å²) in [5, 5.41) is 0. The summed E-state index contributed by atoms with van der Waals surface area (Å²) in [6.45, 7) is 6.18. The van der Waals surface area contributed by atoms with Crippen LogP contribution in [0.1, 0.15) is 54.6 Å². The Morgan fingerprint density at radius 2 is 1.71 bits per heavy atom. The Balaban J connectivity index is 1.60. The van der Waals surface area contributed by atoms with Gasteiger partial charge in [-0.25, -0.2) is 4.99 Å². The van der Waals surface area contributed by atoms with E-state index < -0.39 is 0 Å². The third-order valence-electron chi connectivity index (χ3n) is 6.98. The highest BCUT2D eigenvalue weighted by molar-refractivity contribution is 6.05. The fourth-order valence-corrected chi connectivity index (χ4v) is 4.94. The lowest BCUT2D eigenvalue weighted by Gasteiger charge is -2.29. The predicted molar refractivity (Wildman–Crippen MR) is 151 cm³/mol. The summed E-state index contributed by atoms with van der Waals surface area (Å²) in [7, 11) is 3.38. The molecule has 200 valence electrons. The molecule has 0 aromatic heterocycles. The Morgan fingerprint density at radius 1 is 1.03 bits per heavy atom. The van der Waals surface area contributed by atoms with Gasteiger partial charge < -0.3 is 20.4 Å². The minimum Gasteiger partial charge on any atom is -0.387 e. The first-order valence-corrected chi connectivity index (χ1v) is 13.3. The van der Waals surface area contributed by atoms with Crippen LogP contribution < -0.4 is 5.73 Å². The van der Waals surface area contributed by atoms with Gasteiger partial charge in [-0.3, -0.25) is 14.4 Å².